The number of hydrogen-bond donors (Lipinski definition) is 0. The van der Waals surface area contributed by atoms with E-state index >= 15 is 0 Å². The van der Waals surface area contributed by atoms with E-state index in [1.807, 2.05) is 31.2 Å². The summed E-state index contributed by atoms with van der Waals surface area (Å²) in [5.41, 5.74) is 0.896. The van der Waals surface area contributed by atoms with E-state index in [0.717, 1.165) is 11.3 Å². The lowest BCUT2D eigenvalue weighted by molar-refractivity contribution is 0.0505. The van der Waals surface area contributed by atoms with E-state index in [-0.39, 0.29) is 12.4 Å². The van der Waals surface area contributed by atoms with Crippen LogP contribution in [0.4, 0.5) is 0 Å². The molecule has 7 nitrogen and oxygen atoms in total. The van der Waals surface area contributed by atoms with Crippen LogP contribution in [0.2, 0.25) is 0 Å². The van der Waals surface area contributed by atoms with Crippen molar-refractivity contribution in [1.82, 2.24) is 20.2 Å². The number of tetrazole rings is 1. The van der Waals surface area contributed by atoms with Crippen LogP contribution < -0.4 is 4.74 Å². The molecule has 7 heteroatoms. The molecule has 0 aliphatic carbocycles. The van der Waals surface area contributed by atoms with E-state index in [2.05, 4.69) is 15.5 Å². The zero-order valence-corrected chi connectivity index (χ0v) is 11.4. The Labute approximate surface area is 116 Å². The third kappa shape index (κ3) is 3.11. The second-order valence-electron chi connectivity index (χ2n) is 3.92. The van der Waals surface area contributed by atoms with E-state index in [9.17, 15) is 4.79 Å². The summed E-state index contributed by atoms with van der Waals surface area (Å²) in [5, 5.41) is 11.0. The number of hydrogen-bond acceptors (Lipinski definition) is 6. The highest BCUT2D eigenvalue weighted by Crippen LogP contribution is 2.19. The highest BCUT2D eigenvalue weighted by molar-refractivity contribution is 5.85. The summed E-state index contributed by atoms with van der Waals surface area (Å²) in [6.45, 7) is 4.84. The Morgan fingerprint density at radius 3 is 2.80 bits per heavy atom. The number of para-hydroxylation sites is 1. The predicted molar refractivity (Wildman–Crippen MR) is 70.5 cm³/mol. The Bertz CT molecular complexity index is 583. The molecule has 0 aliphatic heterocycles. The Morgan fingerprint density at radius 2 is 2.05 bits per heavy atom. The topological polar surface area (TPSA) is 79.1 Å². The van der Waals surface area contributed by atoms with Crippen molar-refractivity contribution in [2.24, 2.45) is 0 Å². The fourth-order valence-corrected chi connectivity index (χ4v) is 1.75. The normalized spacial score (nSPS) is 10.3. The molecule has 0 radical (unpaired) electrons. The lowest BCUT2D eigenvalue weighted by atomic mass is 10.2. The van der Waals surface area contributed by atoms with Crippen molar-refractivity contribution in [1.29, 1.82) is 0 Å². The van der Waals surface area contributed by atoms with Crippen LogP contribution in [0.1, 0.15) is 30.0 Å². The van der Waals surface area contributed by atoms with Crippen molar-refractivity contribution in [2.45, 2.75) is 20.4 Å². The largest absolute Gasteiger partial charge is 0.494 e. The molecule has 0 spiro atoms. The Morgan fingerprint density at radius 1 is 1.25 bits per heavy atom. The monoisotopic (exact) mass is 276 g/mol. The molecule has 2 aromatic rings. The number of rotatable bonds is 6. The van der Waals surface area contributed by atoms with Crippen LogP contribution in [-0.4, -0.2) is 39.4 Å². The van der Waals surface area contributed by atoms with Crippen molar-refractivity contribution in [3.8, 4) is 5.75 Å². The number of carbonyl (C=O) groups excluding carboxylic acids is 1. The Balaban J connectivity index is 2.23. The molecule has 0 unspecified atom stereocenters. The SMILES string of the molecule is CCOC(=O)c1nnnn1Cc1ccccc1OCC. The van der Waals surface area contributed by atoms with Gasteiger partial charge >= 0.3 is 5.97 Å². The predicted octanol–water partition coefficient (Wildman–Crippen LogP) is 1.30. The maximum atomic E-state index is 11.7. The molecular weight excluding hydrogens is 260 g/mol. The van der Waals surface area contributed by atoms with Gasteiger partial charge in [-0.15, -0.1) is 5.10 Å². The van der Waals surface area contributed by atoms with Gasteiger partial charge in [0.2, 0.25) is 0 Å². The molecule has 20 heavy (non-hydrogen) atoms. The molecule has 0 aliphatic rings. The van der Waals surface area contributed by atoms with Crippen molar-refractivity contribution >= 4 is 5.97 Å². The summed E-state index contributed by atoms with van der Waals surface area (Å²) in [5.74, 6) is 0.296. The molecule has 0 bridgehead atoms. The average molecular weight is 276 g/mol. The molecule has 0 saturated carbocycles. The average Bonchev–Trinajstić information content (AvgIpc) is 2.90. The van der Waals surface area contributed by atoms with Gasteiger partial charge in [0.15, 0.2) is 0 Å². The first kappa shape index (κ1) is 14.0. The van der Waals surface area contributed by atoms with E-state index in [1.54, 1.807) is 6.92 Å². The molecule has 0 N–H and O–H groups in total. The first-order chi connectivity index (χ1) is 9.76. The highest BCUT2D eigenvalue weighted by atomic mass is 16.5. The van der Waals surface area contributed by atoms with Crippen LogP contribution in [-0.2, 0) is 11.3 Å². The van der Waals surface area contributed by atoms with Gasteiger partial charge in [-0.2, -0.15) is 0 Å². The highest BCUT2D eigenvalue weighted by Gasteiger charge is 2.17. The second kappa shape index (κ2) is 6.65. The van der Waals surface area contributed by atoms with Crippen LogP contribution in [0.15, 0.2) is 24.3 Å². The summed E-state index contributed by atoms with van der Waals surface area (Å²) >= 11 is 0. The van der Waals surface area contributed by atoms with Crippen molar-refractivity contribution in [2.75, 3.05) is 13.2 Å². The summed E-state index contributed by atoms with van der Waals surface area (Å²) in [6.07, 6.45) is 0. The van der Waals surface area contributed by atoms with Gasteiger partial charge in [0.25, 0.3) is 5.82 Å². The quantitative estimate of drug-likeness (QED) is 0.740. The molecule has 0 amide bonds. The minimum Gasteiger partial charge on any atom is -0.494 e. The van der Waals surface area contributed by atoms with Gasteiger partial charge in [0.1, 0.15) is 5.75 Å². The number of benzene rings is 1. The lowest BCUT2D eigenvalue weighted by Gasteiger charge is -2.10. The summed E-state index contributed by atoms with van der Waals surface area (Å²) in [6, 6.07) is 7.56. The molecule has 1 aromatic heterocycles. The number of carbonyl (C=O) groups is 1. The van der Waals surface area contributed by atoms with Gasteiger partial charge in [-0.1, -0.05) is 18.2 Å². The molecule has 2 rings (SSSR count). The van der Waals surface area contributed by atoms with Crippen molar-refractivity contribution in [3.05, 3.63) is 35.7 Å². The second-order valence-corrected chi connectivity index (χ2v) is 3.92. The maximum absolute atomic E-state index is 11.7. The zero-order valence-electron chi connectivity index (χ0n) is 11.4. The molecule has 0 atom stereocenters. The van der Waals surface area contributed by atoms with Crippen molar-refractivity contribution in [3.63, 3.8) is 0 Å². The van der Waals surface area contributed by atoms with E-state index in [1.165, 1.54) is 4.68 Å². The molecule has 106 valence electrons. The van der Waals surface area contributed by atoms with E-state index < -0.39 is 5.97 Å². The zero-order chi connectivity index (χ0) is 14.4. The van der Waals surface area contributed by atoms with Crippen LogP contribution in [0.5, 0.6) is 5.75 Å². The summed E-state index contributed by atoms with van der Waals surface area (Å²) in [4.78, 5) is 11.7. The smallest absolute Gasteiger partial charge is 0.378 e. The third-order valence-electron chi connectivity index (χ3n) is 2.58. The van der Waals surface area contributed by atoms with Gasteiger partial charge in [0.05, 0.1) is 19.8 Å². The summed E-state index contributed by atoms with van der Waals surface area (Å²) in [7, 11) is 0. The van der Waals surface area contributed by atoms with E-state index in [0.29, 0.717) is 13.2 Å². The van der Waals surface area contributed by atoms with Gasteiger partial charge < -0.3 is 9.47 Å². The van der Waals surface area contributed by atoms with Crippen molar-refractivity contribution < 1.29 is 14.3 Å². The van der Waals surface area contributed by atoms with Crippen LogP contribution in [0.3, 0.4) is 0 Å². The summed E-state index contributed by atoms with van der Waals surface area (Å²) < 4.78 is 11.8. The molecular formula is C13H16N4O3. The lowest BCUT2D eigenvalue weighted by Crippen LogP contribution is -2.15. The first-order valence-electron chi connectivity index (χ1n) is 6.40. The fourth-order valence-electron chi connectivity index (χ4n) is 1.75. The minimum atomic E-state index is -0.536. The molecule has 1 aromatic carbocycles. The Hall–Kier alpha value is -2.44. The molecule has 0 saturated heterocycles. The van der Waals surface area contributed by atoms with Gasteiger partial charge in [-0.05, 0) is 30.3 Å². The number of ether oxygens (including phenoxy) is 2. The fraction of sp³-hybridized carbons (Fsp3) is 0.385. The van der Waals surface area contributed by atoms with Gasteiger partial charge in [0, 0.05) is 5.56 Å². The number of esters is 1. The van der Waals surface area contributed by atoms with Gasteiger partial charge in [-0.3, -0.25) is 0 Å². The number of aromatic nitrogens is 4. The maximum Gasteiger partial charge on any atom is 0.378 e. The van der Waals surface area contributed by atoms with Crippen LogP contribution >= 0.6 is 0 Å². The molecule has 0 fully saturated rings. The van der Waals surface area contributed by atoms with Crippen LogP contribution in [0, 0.1) is 0 Å². The van der Waals surface area contributed by atoms with Gasteiger partial charge in [-0.25, -0.2) is 9.48 Å². The standard InChI is InChI=1S/C13H16N4O3/c1-3-19-11-8-6-5-7-10(11)9-17-12(14-15-16-17)13(18)20-4-2/h5-8H,3-4,9H2,1-2H3. The van der Waals surface area contributed by atoms with Crippen LogP contribution in [0.25, 0.3) is 0 Å². The number of nitrogens with zero attached hydrogens (tertiary/aromatic N) is 4. The third-order valence-corrected chi connectivity index (χ3v) is 2.58. The Kier molecular flexibility index (Phi) is 4.65. The van der Waals surface area contributed by atoms with E-state index in [4.69, 9.17) is 9.47 Å². The minimum absolute atomic E-state index is 0.0816. The molecule has 1 heterocycles. The first-order valence-corrected chi connectivity index (χ1v) is 6.40.